The minimum atomic E-state index is -0.452. The molecule has 2 aromatic rings. The molecule has 0 amide bonds. The zero-order chi connectivity index (χ0) is 17.7. The summed E-state index contributed by atoms with van der Waals surface area (Å²) in [7, 11) is 3.50. The molecule has 0 unspecified atom stereocenters. The molecule has 1 aliphatic heterocycles. The molecular weight excluding hydrogens is 307 g/mol. The standard InChI is InChI=1S/C17H25BN2O4/c1-16(2)17(3,4)24-18(23-16)12-7-8-14-13(11-12)20(15(21)22-14)10-9-19(5)6/h7-8,11H,9-10H2,1-6H3. The Hall–Kier alpha value is -1.57. The van der Waals surface area contributed by atoms with Crippen LogP contribution < -0.4 is 11.2 Å². The third-order valence-electron chi connectivity index (χ3n) is 4.99. The Bertz CT molecular complexity index is 791. The van der Waals surface area contributed by atoms with Crippen molar-refractivity contribution < 1.29 is 13.7 Å². The lowest BCUT2D eigenvalue weighted by Gasteiger charge is -2.32. The minimum Gasteiger partial charge on any atom is -0.408 e. The van der Waals surface area contributed by atoms with Gasteiger partial charge in [-0.05, 0) is 59.4 Å². The van der Waals surface area contributed by atoms with E-state index in [1.54, 1.807) is 4.57 Å². The van der Waals surface area contributed by atoms with Gasteiger partial charge < -0.3 is 18.6 Å². The summed E-state index contributed by atoms with van der Waals surface area (Å²) >= 11 is 0. The third-order valence-corrected chi connectivity index (χ3v) is 4.99. The van der Waals surface area contributed by atoms with Crippen LogP contribution in [0.2, 0.25) is 0 Å². The van der Waals surface area contributed by atoms with E-state index in [-0.39, 0.29) is 5.76 Å². The molecule has 0 aliphatic carbocycles. The molecule has 1 aliphatic rings. The molecule has 2 heterocycles. The summed E-state index contributed by atoms with van der Waals surface area (Å²) in [6, 6.07) is 5.63. The van der Waals surface area contributed by atoms with Crippen LogP contribution in [0.5, 0.6) is 0 Å². The van der Waals surface area contributed by atoms with Crippen molar-refractivity contribution in [3.8, 4) is 0 Å². The first-order valence-corrected chi connectivity index (χ1v) is 8.24. The quantitative estimate of drug-likeness (QED) is 0.794. The summed E-state index contributed by atoms with van der Waals surface area (Å²) in [5, 5.41) is 0. The molecule has 1 aromatic heterocycles. The van der Waals surface area contributed by atoms with Gasteiger partial charge in [0.25, 0.3) is 0 Å². The maximum Gasteiger partial charge on any atom is 0.494 e. The molecule has 130 valence electrons. The molecule has 1 fully saturated rings. The Kier molecular flexibility index (Phi) is 4.14. The Morgan fingerprint density at radius 3 is 2.33 bits per heavy atom. The summed E-state index contributed by atoms with van der Waals surface area (Å²) in [6.45, 7) is 9.43. The molecule has 0 spiro atoms. The summed E-state index contributed by atoms with van der Waals surface area (Å²) < 4.78 is 19.2. The Labute approximate surface area is 142 Å². The molecule has 0 N–H and O–H groups in total. The molecule has 6 nitrogen and oxygen atoms in total. The lowest BCUT2D eigenvalue weighted by atomic mass is 9.79. The summed E-state index contributed by atoms with van der Waals surface area (Å²) in [5.74, 6) is -0.335. The number of hydrogen-bond acceptors (Lipinski definition) is 5. The SMILES string of the molecule is CN(C)CCn1c(=O)oc2ccc(B3OC(C)(C)C(C)(C)O3)cc21. The maximum absolute atomic E-state index is 12.1. The van der Waals surface area contributed by atoms with Gasteiger partial charge in [0.2, 0.25) is 0 Å². The molecular formula is C17H25BN2O4. The van der Waals surface area contributed by atoms with Crippen LogP contribution in [0.4, 0.5) is 0 Å². The maximum atomic E-state index is 12.1. The van der Waals surface area contributed by atoms with Crippen molar-refractivity contribution in [2.24, 2.45) is 0 Å². The van der Waals surface area contributed by atoms with Gasteiger partial charge in [-0.1, -0.05) is 6.07 Å². The Morgan fingerprint density at radius 2 is 1.75 bits per heavy atom. The van der Waals surface area contributed by atoms with Gasteiger partial charge in [-0.15, -0.1) is 0 Å². The van der Waals surface area contributed by atoms with Crippen LogP contribution in [-0.4, -0.2) is 48.4 Å². The van der Waals surface area contributed by atoms with Crippen LogP contribution in [0.1, 0.15) is 27.7 Å². The average Bonchev–Trinajstić information content (AvgIpc) is 2.88. The fourth-order valence-corrected chi connectivity index (χ4v) is 2.72. The minimum absolute atomic E-state index is 0.335. The second-order valence-electron chi connectivity index (χ2n) is 7.64. The first-order chi connectivity index (χ1) is 11.1. The van der Waals surface area contributed by atoms with Crippen molar-refractivity contribution in [3.05, 3.63) is 28.7 Å². The Balaban J connectivity index is 1.97. The van der Waals surface area contributed by atoms with Crippen molar-refractivity contribution in [1.29, 1.82) is 0 Å². The number of benzene rings is 1. The highest BCUT2D eigenvalue weighted by Crippen LogP contribution is 2.36. The predicted molar refractivity (Wildman–Crippen MR) is 94.7 cm³/mol. The van der Waals surface area contributed by atoms with Crippen molar-refractivity contribution >= 4 is 23.7 Å². The van der Waals surface area contributed by atoms with Crippen molar-refractivity contribution in [2.45, 2.75) is 45.4 Å². The summed E-state index contributed by atoms with van der Waals surface area (Å²) in [6.07, 6.45) is 0. The predicted octanol–water partition coefficient (Wildman–Crippen LogP) is 1.46. The fourth-order valence-electron chi connectivity index (χ4n) is 2.72. The lowest BCUT2D eigenvalue weighted by Crippen LogP contribution is -2.41. The topological polar surface area (TPSA) is 56.8 Å². The average molecular weight is 332 g/mol. The molecule has 1 saturated heterocycles. The first kappa shape index (κ1) is 17.3. The van der Waals surface area contributed by atoms with Crippen LogP contribution in [0.15, 0.2) is 27.4 Å². The molecule has 0 atom stereocenters. The van der Waals surface area contributed by atoms with E-state index in [4.69, 9.17) is 13.7 Å². The van der Waals surface area contributed by atoms with Crippen LogP contribution in [-0.2, 0) is 15.9 Å². The van der Waals surface area contributed by atoms with Crippen molar-refractivity contribution in [1.82, 2.24) is 9.47 Å². The van der Waals surface area contributed by atoms with Crippen LogP contribution in [0, 0.1) is 0 Å². The number of hydrogen-bond donors (Lipinski definition) is 0. The van der Waals surface area contributed by atoms with Gasteiger partial charge in [0.1, 0.15) is 0 Å². The number of likely N-dealkylation sites (N-methyl/N-ethyl adjacent to an activating group) is 1. The second kappa shape index (κ2) is 5.76. The highest BCUT2D eigenvalue weighted by Gasteiger charge is 2.51. The van der Waals surface area contributed by atoms with Crippen LogP contribution in [0.25, 0.3) is 11.1 Å². The van der Waals surface area contributed by atoms with Gasteiger partial charge >= 0.3 is 12.9 Å². The summed E-state index contributed by atoms with van der Waals surface area (Å²) in [5.41, 5.74) is 1.45. The number of fused-ring (bicyclic) bond motifs is 1. The third kappa shape index (κ3) is 2.92. The van der Waals surface area contributed by atoms with Crippen LogP contribution in [0.3, 0.4) is 0 Å². The monoisotopic (exact) mass is 332 g/mol. The van der Waals surface area contributed by atoms with Crippen molar-refractivity contribution in [3.63, 3.8) is 0 Å². The smallest absolute Gasteiger partial charge is 0.408 e. The molecule has 0 bridgehead atoms. The van der Waals surface area contributed by atoms with E-state index in [9.17, 15) is 4.79 Å². The number of aromatic nitrogens is 1. The zero-order valence-electron chi connectivity index (χ0n) is 15.3. The first-order valence-electron chi connectivity index (χ1n) is 8.24. The fraction of sp³-hybridized carbons (Fsp3) is 0.588. The van der Waals surface area contributed by atoms with Crippen LogP contribution >= 0.6 is 0 Å². The van der Waals surface area contributed by atoms with Gasteiger partial charge in [-0.25, -0.2) is 4.79 Å². The van der Waals surface area contributed by atoms with Gasteiger partial charge in [-0.2, -0.15) is 0 Å². The highest BCUT2D eigenvalue weighted by atomic mass is 16.7. The van der Waals surface area contributed by atoms with E-state index >= 15 is 0 Å². The molecule has 7 heteroatoms. The van der Waals surface area contributed by atoms with E-state index in [0.29, 0.717) is 12.1 Å². The lowest BCUT2D eigenvalue weighted by molar-refractivity contribution is 0.00578. The van der Waals surface area contributed by atoms with E-state index in [2.05, 4.69) is 0 Å². The number of nitrogens with zero attached hydrogens (tertiary/aromatic N) is 2. The number of oxazole rings is 1. The molecule has 3 rings (SSSR count). The second-order valence-corrected chi connectivity index (χ2v) is 7.64. The molecule has 0 saturated carbocycles. The molecule has 0 radical (unpaired) electrons. The van der Waals surface area contributed by atoms with Gasteiger partial charge in [0, 0.05) is 13.1 Å². The largest absolute Gasteiger partial charge is 0.494 e. The summed E-state index contributed by atoms with van der Waals surface area (Å²) in [4.78, 5) is 14.1. The zero-order valence-corrected chi connectivity index (χ0v) is 15.3. The van der Waals surface area contributed by atoms with Gasteiger partial charge in [-0.3, -0.25) is 4.57 Å². The Morgan fingerprint density at radius 1 is 1.12 bits per heavy atom. The van der Waals surface area contributed by atoms with E-state index in [0.717, 1.165) is 17.5 Å². The highest BCUT2D eigenvalue weighted by molar-refractivity contribution is 6.62. The molecule has 24 heavy (non-hydrogen) atoms. The van der Waals surface area contributed by atoms with E-state index < -0.39 is 18.3 Å². The van der Waals surface area contributed by atoms with Gasteiger partial charge in [0.05, 0.1) is 16.7 Å². The normalized spacial score (nSPS) is 19.5. The van der Waals surface area contributed by atoms with Crippen molar-refractivity contribution in [2.75, 3.05) is 20.6 Å². The molecule has 1 aromatic carbocycles. The number of rotatable bonds is 4. The van der Waals surface area contributed by atoms with Gasteiger partial charge in [0.15, 0.2) is 5.58 Å². The van der Waals surface area contributed by atoms with E-state index in [1.807, 2.05) is 64.9 Å². The van der Waals surface area contributed by atoms with E-state index in [1.165, 1.54) is 0 Å².